The number of anilines is 1. The summed E-state index contributed by atoms with van der Waals surface area (Å²) in [6, 6.07) is 8.09. The first-order valence-electron chi connectivity index (χ1n) is 5.00. The lowest BCUT2D eigenvalue weighted by Gasteiger charge is -2.16. The van der Waals surface area contributed by atoms with Crippen molar-refractivity contribution in [3.8, 4) is 0 Å². The van der Waals surface area contributed by atoms with Crippen LogP contribution in [0.1, 0.15) is 0 Å². The molecule has 1 aliphatic heterocycles. The quantitative estimate of drug-likeness (QED) is 0.796. The number of nitrogens with zero attached hydrogens (tertiary/aromatic N) is 2. The summed E-state index contributed by atoms with van der Waals surface area (Å²) < 4.78 is 1.18. The molecule has 0 amide bonds. The van der Waals surface area contributed by atoms with Crippen LogP contribution in [0, 0.1) is 0 Å². The van der Waals surface area contributed by atoms with E-state index in [4.69, 9.17) is 12.2 Å². The summed E-state index contributed by atoms with van der Waals surface area (Å²) >= 11 is 6.78. The van der Waals surface area contributed by atoms with Crippen LogP contribution < -0.4 is 10.7 Å². The number of thiocarbonyl (C=S) groups is 1. The Bertz CT molecular complexity index is 503. The van der Waals surface area contributed by atoms with Gasteiger partial charge >= 0.3 is 0 Å². The SMILES string of the molecule is S=C1NCCN1Nc1nc2ccccc2s1. The van der Waals surface area contributed by atoms with Crippen molar-refractivity contribution < 1.29 is 0 Å². The Hall–Kier alpha value is -1.40. The van der Waals surface area contributed by atoms with E-state index in [-0.39, 0.29) is 0 Å². The number of fused-ring (bicyclic) bond motifs is 1. The second kappa shape index (κ2) is 3.88. The Kier molecular flexibility index (Phi) is 2.37. The van der Waals surface area contributed by atoms with Crippen molar-refractivity contribution in [3.63, 3.8) is 0 Å². The van der Waals surface area contributed by atoms with Crippen molar-refractivity contribution in [2.24, 2.45) is 0 Å². The third-order valence-electron chi connectivity index (χ3n) is 2.38. The number of hydrogen-bond donors (Lipinski definition) is 2. The molecular weight excluding hydrogens is 240 g/mol. The Morgan fingerprint density at radius 3 is 3.06 bits per heavy atom. The van der Waals surface area contributed by atoms with E-state index in [0.29, 0.717) is 0 Å². The molecule has 1 aromatic heterocycles. The van der Waals surface area contributed by atoms with Gasteiger partial charge in [0.05, 0.1) is 16.8 Å². The lowest BCUT2D eigenvalue weighted by Crippen LogP contribution is -2.33. The zero-order valence-corrected chi connectivity index (χ0v) is 10.1. The van der Waals surface area contributed by atoms with E-state index in [9.17, 15) is 0 Å². The van der Waals surface area contributed by atoms with E-state index in [1.165, 1.54) is 4.70 Å². The molecule has 1 saturated heterocycles. The minimum Gasteiger partial charge on any atom is -0.359 e. The number of aromatic nitrogens is 1. The normalized spacial score (nSPS) is 15.5. The Morgan fingerprint density at radius 1 is 1.44 bits per heavy atom. The zero-order chi connectivity index (χ0) is 11.0. The van der Waals surface area contributed by atoms with Gasteiger partial charge in [-0.3, -0.25) is 10.4 Å². The number of benzene rings is 1. The highest BCUT2D eigenvalue weighted by Gasteiger charge is 2.16. The third kappa shape index (κ3) is 1.70. The van der Waals surface area contributed by atoms with Crippen LogP contribution in [-0.2, 0) is 0 Å². The second-order valence-corrected chi connectivity index (χ2v) is 4.90. The van der Waals surface area contributed by atoms with Crippen LogP contribution in [0.5, 0.6) is 0 Å². The molecule has 0 atom stereocenters. The maximum atomic E-state index is 5.15. The number of thiazole rings is 1. The van der Waals surface area contributed by atoms with Crippen molar-refractivity contribution >= 4 is 44.0 Å². The number of hydrazine groups is 1. The first-order chi connectivity index (χ1) is 7.83. The van der Waals surface area contributed by atoms with E-state index in [1.807, 2.05) is 23.2 Å². The van der Waals surface area contributed by atoms with Gasteiger partial charge in [-0.2, -0.15) is 0 Å². The molecule has 0 spiro atoms. The Balaban J connectivity index is 1.86. The van der Waals surface area contributed by atoms with Crippen LogP contribution in [0.4, 0.5) is 5.13 Å². The van der Waals surface area contributed by atoms with Crippen LogP contribution >= 0.6 is 23.6 Å². The van der Waals surface area contributed by atoms with E-state index < -0.39 is 0 Å². The molecule has 16 heavy (non-hydrogen) atoms. The van der Waals surface area contributed by atoms with Gasteiger partial charge in [0, 0.05) is 6.54 Å². The molecule has 2 aromatic rings. The van der Waals surface area contributed by atoms with Gasteiger partial charge in [-0.1, -0.05) is 23.5 Å². The highest BCUT2D eigenvalue weighted by Crippen LogP contribution is 2.25. The van der Waals surface area contributed by atoms with Crippen LogP contribution in [0.25, 0.3) is 10.2 Å². The minimum absolute atomic E-state index is 0.735. The number of nitrogens with one attached hydrogen (secondary N) is 2. The molecule has 3 rings (SSSR count). The largest absolute Gasteiger partial charge is 0.359 e. The molecule has 0 aliphatic carbocycles. The van der Waals surface area contributed by atoms with Gasteiger partial charge in [0.2, 0.25) is 5.13 Å². The fraction of sp³-hybridized carbons (Fsp3) is 0.200. The van der Waals surface area contributed by atoms with Gasteiger partial charge in [0.1, 0.15) is 0 Å². The number of rotatable bonds is 2. The number of para-hydroxylation sites is 1. The molecular formula is C10H10N4S2. The molecule has 2 heterocycles. The third-order valence-corrected chi connectivity index (χ3v) is 3.69. The molecule has 0 unspecified atom stereocenters. The van der Waals surface area contributed by atoms with Gasteiger partial charge in [0.15, 0.2) is 5.11 Å². The van der Waals surface area contributed by atoms with Gasteiger partial charge in [0.25, 0.3) is 0 Å². The fourth-order valence-corrected chi connectivity index (χ4v) is 2.73. The first-order valence-corrected chi connectivity index (χ1v) is 6.23. The summed E-state index contributed by atoms with van der Waals surface area (Å²) in [6.45, 7) is 1.76. The zero-order valence-electron chi connectivity index (χ0n) is 8.43. The molecule has 4 nitrogen and oxygen atoms in total. The van der Waals surface area contributed by atoms with E-state index in [1.54, 1.807) is 11.3 Å². The first kappa shape index (κ1) is 9.80. The van der Waals surface area contributed by atoms with Gasteiger partial charge in [-0.15, -0.1) is 0 Å². The van der Waals surface area contributed by atoms with Crippen molar-refractivity contribution in [3.05, 3.63) is 24.3 Å². The predicted molar refractivity (Wildman–Crippen MR) is 70.5 cm³/mol. The maximum Gasteiger partial charge on any atom is 0.202 e. The number of hydrogen-bond acceptors (Lipinski definition) is 4. The Morgan fingerprint density at radius 2 is 2.31 bits per heavy atom. The Labute approximate surface area is 102 Å². The van der Waals surface area contributed by atoms with Crippen LogP contribution in [0.15, 0.2) is 24.3 Å². The average molecular weight is 250 g/mol. The maximum absolute atomic E-state index is 5.15. The predicted octanol–water partition coefficient (Wildman–Crippen LogP) is 1.81. The molecule has 1 aromatic carbocycles. The molecule has 0 radical (unpaired) electrons. The lowest BCUT2D eigenvalue weighted by atomic mass is 10.3. The van der Waals surface area contributed by atoms with Gasteiger partial charge < -0.3 is 5.32 Å². The topological polar surface area (TPSA) is 40.2 Å². The van der Waals surface area contributed by atoms with Crippen LogP contribution in [-0.4, -0.2) is 28.2 Å². The van der Waals surface area contributed by atoms with Crippen LogP contribution in [0.2, 0.25) is 0 Å². The fourth-order valence-electron chi connectivity index (χ4n) is 1.61. The monoisotopic (exact) mass is 250 g/mol. The molecule has 6 heteroatoms. The van der Waals surface area contributed by atoms with Crippen molar-refractivity contribution in [1.82, 2.24) is 15.3 Å². The standard InChI is InChI=1S/C10H10N4S2/c15-10-11-5-6-14(10)13-9-12-7-3-1-2-4-8(7)16-9/h1-4H,5-6H2,(H,11,15)(H,12,13). The van der Waals surface area contributed by atoms with Gasteiger partial charge in [-0.25, -0.2) is 4.98 Å². The molecule has 82 valence electrons. The molecule has 0 bridgehead atoms. The van der Waals surface area contributed by atoms with Crippen molar-refractivity contribution in [2.75, 3.05) is 18.5 Å². The highest BCUT2D eigenvalue weighted by atomic mass is 32.1. The van der Waals surface area contributed by atoms with Crippen molar-refractivity contribution in [2.45, 2.75) is 0 Å². The van der Waals surface area contributed by atoms with Gasteiger partial charge in [-0.05, 0) is 24.4 Å². The lowest BCUT2D eigenvalue weighted by molar-refractivity contribution is 0.559. The molecule has 0 saturated carbocycles. The summed E-state index contributed by atoms with van der Waals surface area (Å²) in [5, 5.41) is 6.62. The van der Waals surface area contributed by atoms with E-state index in [0.717, 1.165) is 28.9 Å². The summed E-state index contributed by atoms with van der Waals surface area (Å²) in [5.41, 5.74) is 4.24. The molecule has 1 fully saturated rings. The van der Waals surface area contributed by atoms with Crippen LogP contribution in [0.3, 0.4) is 0 Å². The summed E-state index contributed by atoms with van der Waals surface area (Å²) in [7, 11) is 0. The summed E-state index contributed by atoms with van der Waals surface area (Å²) in [5.74, 6) is 0. The smallest absolute Gasteiger partial charge is 0.202 e. The van der Waals surface area contributed by atoms with E-state index in [2.05, 4.69) is 21.8 Å². The van der Waals surface area contributed by atoms with Crippen molar-refractivity contribution in [1.29, 1.82) is 0 Å². The summed E-state index contributed by atoms with van der Waals surface area (Å²) in [4.78, 5) is 4.49. The van der Waals surface area contributed by atoms with E-state index >= 15 is 0 Å². The second-order valence-electron chi connectivity index (χ2n) is 3.48. The molecule has 2 N–H and O–H groups in total. The highest BCUT2D eigenvalue weighted by molar-refractivity contribution is 7.80. The minimum atomic E-state index is 0.735. The average Bonchev–Trinajstić information content (AvgIpc) is 2.85. The molecule has 1 aliphatic rings. The summed E-state index contributed by atoms with van der Waals surface area (Å²) in [6.07, 6.45) is 0.